The van der Waals surface area contributed by atoms with E-state index in [4.69, 9.17) is 0 Å². The molecule has 0 bridgehead atoms. The zero-order valence-electron chi connectivity index (χ0n) is 17.3. The number of para-hydroxylation sites is 1. The molecule has 2 aromatic carbocycles. The highest BCUT2D eigenvalue weighted by atomic mass is 16.2. The lowest BCUT2D eigenvalue weighted by molar-refractivity contribution is -0.121. The maximum absolute atomic E-state index is 12.0. The summed E-state index contributed by atoms with van der Waals surface area (Å²) in [6, 6.07) is 19.1. The zero-order valence-corrected chi connectivity index (χ0v) is 17.3. The van der Waals surface area contributed by atoms with Gasteiger partial charge in [0.25, 0.3) is 5.91 Å². The minimum Gasteiger partial charge on any atom is -0.356 e. The van der Waals surface area contributed by atoms with Gasteiger partial charge in [-0.1, -0.05) is 36.4 Å². The quantitative estimate of drug-likeness (QED) is 0.508. The Bertz CT molecular complexity index is 952. The molecule has 0 saturated carbocycles. The van der Waals surface area contributed by atoms with Crippen molar-refractivity contribution in [3.8, 4) is 5.69 Å². The van der Waals surface area contributed by atoms with Crippen LogP contribution in [0, 0.1) is 6.92 Å². The van der Waals surface area contributed by atoms with Crippen molar-refractivity contribution in [3.05, 3.63) is 83.7 Å². The van der Waals surface area contributed by atoms with E-state index < -0.39 is 0 Å². The van der Waals surface area contributed by atoms with E-state index >= 15 is 0 Å². The van der Waals surface area contributed by atoms with Crippen molar-refractivity contribution in [2.75, 3.05) is 13.1 Å². The Morgan fingerprint density at radius 2 is 1.57 bits per heavy atom. The number of amides is 2. The molecule has 3 aromatic rings. The van der Waals surface area contributed by atoms with Gasteiger partial charge in [-0.05, 0) is 56.0 Å². The molecule has 0 aliphatic rings. The molecule has 2 N–H and O–H groups in total. The lowest BCUT2D eigenvalue weighted by Gasteiger charge is -2.06. The molecule has 6 nitrogen and oxygen atoms in total. The normalized spacial score (nSPS) is 10.6. The molecule has 1 heterocycles. The van der Waals surface area contributed by atoms with Crippen LogP contribution in [-0.4, -0.2) is 34.7 Å². The number of nitrogens with one attached hydrogen (secondary N) is 2. The summed E-state index contributed by atoms with van der Waals surface area (Å²) in [6.07, 6.45) is 4.80. The first-order chi connectivity index (χ1) is 14.6. The number of aromatic nitrogens is 2. The van der Waals surface area contributed by atoms with Crippen molar-refractivity contribution >= 4 is 11.8 Å². The standard InChI is InChI=1S/C24H28N4O2/c1-19-21(18-28(27-19)22-13-6-3-7-14-22)12-8-16-25-23(29)15-9-17-26-24(30)20-10-4-2-5-11-20/h2-7,10-11,13-14,18H,8-9,12,15-17H2,1H3,(H,25,29)(H,26,30). The van der Waals surface area contributed by atoms with E-state index in [-0.39, 0.29) is 11.8 Å². The van der Waals surface area contributed by atoms with Crippen LogP contribution in [-0.2, 0) is 11.2 Å². The second kappa shape index (κ2) is 11.0. The summed E-state index contributed by atoms with van der Waals surface area (Å²) in [5, 5.41) is 10.4. The molecule has 0 radical (unpaired) electrons. The van der Waals surface area contributed by atoms with Gasteiger partial charge < -0.3 is 10.6 Å². The van der Waals surface area contributed by atoms with Gasteiger partial charge >= 0.3 is 0 Å². The minimum absolute atomic E-state index is 0.0145. The highest BCUT2D eigenvalue weighted by Crippen LogP contribution is 2.13. The second-order valence-corrected chi connectivity index (χ2v) is 7.20. The molecule has 156 valence electrons. The maximum Gasteiger partial charge on any atom is 0.251 e. The van der Waals surface area contributed by atoms with E-state index in [0.29, 0.717) is 31.5 Å². The maximum atomic E-state index is 12.0. The molecule has 3 rings (SSSR count). The Morgan fingerprint density at radius 3 is 2.30 bits per heavy atom. The Kier molecular flexibility index (Phi) is 7.78. The lowest BCUT2D eigenvalue weighted by atomic mass is 10.1. The van der Waals surface area contributed by atoms with Crippen molar-refractivity contribution in [3.63, 3.8) is 0 Å². The van der Waals surface area contributed by atoms with E-state index in [0.717, 1.165) is 24.2 Å². The van der Waals surface area contributed by atoms with Crippen LogP contribution in [0.3, 0.4) is 0 Å². The Hall–Kier alpha value is -3.41. The van der Waals surface area contributed by atoms with Gasteiger partial charge in [-0.15, -0.1) is 0 Å². The number of benzene rings is 2. The van der Waals surface area contributed by atoms with Crippen LogP contribution in [0.25, 0.3) is 5.69 Å². The van der Waals surface area contributed by atoms with Crippen molar-refractivity contribution < 1.29 is 9.59 Å². The fourth-order valence-corrected chi connectivity index (χ4v) is 3.19. The number of hydrogen-bond acceptors (Lipinski definition) is 3. The first-order valence-corrected chi connectivity index (χ1v) is 10.3. The Balaban J connectivity index is 1.31. The summed E-state index contributed by atoms with van der Waals surface area (Å²) in [4.78, 5) is 23.9. The topological polar surface area (TPSA) is 76.0 Å². The fraction of sp³-hybridized carbons (Fsp3) is 0.292. The van der Waals surface area contributed by atoms with Crippen molar-refractivity contribution in [2.24, 2.45) is 0 Å². The zero-order chi connectivity index (χ0) is 21.2. The van der Waals surface area contributed by atoms with Gasteiger partial charge in [-0.25, -0.2) is 4.68 Å². The van der Waals surface area contributed by atoms with Gasteiger partial charge in [0.1, 0.15) is 0 Å². The third kappa shape index (κ3) is 6.30. The largest absolute Gasteiger partial charge is 0.356 e. The van der Waals surface area contributed by atoms with Gasteiger partial charge in [-0.2, -0.15) is 5.10 Å². The first-order valence-electron chi connectivity index (χ1n) is 10.3. The monoisotopic (exact) mass is 404 g/mol. The van der Waals surface area contributed by atoms with Crippen LogP contribution in [0.4, 0.5) is 0 Å². The molecule has 1 aromatic heterocycles. The Morgan fingerprint density at radius 1 is 0.900 bits per heavy atom. The molecule has 0 fully saturated rings. The van der Waals surface area contributed by atoms with Crippen molar-refractivity contribution in [1.82, 2.24) is 20.4 Å². The van der Waals surface area contributed by atoms with Crippen molar-refractivity contribution in [1.29, 1.82) is 0 Å². The molecule has 0 spiro atoms. The third-order valence-electron chi connectivity index (χ3n) is 4.87. The summed E-state index contributed by atoms with van der Waals surface area (Å²) in [5.74, 6) is -0.0944. The van der Waals surface area contributed by atoms with Crippen LogP contribution >= 0.6 is 0 Å². The smallest absolute Gasteiger partial charge is 0.251 e. The van der Waals surface area contributed by atoms with E-state index in [2.05, 4.69) is 21.9 Å². The summed E-state index contributed by atoms with van der Waals surface area (Å²) in [5.41, 5.74) is 3.88. The van der Waals surface area contributed by atoms with Crippen LogP contribution in [0.2, 0.25) is 0 Å². The van der Waals surface area contributed by atoms with Gasteiger partial charge in [0.15, 0.2) is 0 Å². The van der Waals surface area contributed by atoms with Crippen LogP contribution in [0.15, 0.2) is 66.9 Å². The molecule has 2 amide bonds. The van der Waals surface area contributed by atoms with Gasteiger partial charge in [0.05, 0.1) is 11.4 Å². The van der Waals surface area contributed by atoms with Gasteiger partial charge in [0.2, 0.25) is 5.91 Å². The van der Waals surface area contributed by atoms with E-state index in [1.54, 1.807) is 12.1 Å². The molecular weight excluding hydrogens is 376 g/mol. The Labute approximate surface area is 177 Å². The lowest BCUT2D eigenvalue weighted by Crippen LogP contribution is -2.28. The fourth-order valence-electron chi connectivity index (χ4n) is 3.19. The SMILES string of the molecule is Cc1nn(-c2ccccc2)cc1CCCNC(=O)CCCNC(=O)c1ccccc1. The molecule has 0 unspecified atom stereocenters. The third-order valence-corrected chi connectivity index (χ3v) is 4.87. The summed E-state index contributed by atoms with van der Waals surface area (Å²) < 4.78 is 1.90. The predicted octanol–water partition coefficient (Wildman–Crippen LogP) is 3.44. The number of rotatable bonds is 10. The van der Waals surface area contributed by atoms with Crippen LogP contribution < -0.4 is 10.6 Å². The number of aryl methyl sites for hydroxylation is 2. The number of carbonyl (C=O) groups is 2. The molecule has 30 heavy (non-hydrogen) atoms. The summed E-state index contributed by atoms with van der Waals surface area (Å²) in [7, 11) is 0. The van der Waals surface area contributed by atoms with Crippen LogP contribution in [0.5, 0.6) is 0 Å². The number of hydrogen-bond donors (Lipinski definition) is 2. The number of carbonyl (C=O) groups excluding carboxylic acids is 2. The van der Waals surface area contributed by atoms with Gasteiger partial charge in [-0.3, -0.25) is 9.59 Å². The predicted molar refractivity (Wildman–Crippen MR) is 118 cm³/mol. The number of nitrogens with zero attached hydrogens (tertiary/aromatic N) is 2. The van der Waals surface area contributed by atoms with E-state index in [1.807, 2.05) is 60.1 Å². The highest BCUT2D eigenvalue weighted by Gasteiger charge is 2.07. The van der Waals surface area contributed by atoms with Crippen LogP contribution in [0.1, 0.15) is 40.9 Å². The molecular formula is C24H28N4O2. The molecule has 0 saturated heterocycles. The molecule has 0 aliphatic carbocycles. The van der Waals surface area contributed by atoms with Gasteiger partial charge in [0, 0.05) is 31.3 Å². The summed E-state index contributed by atoms with van der Waals surface area (Å²) >= 11 is 0. The van der Waals surface area contributed by atoms with E-state index in [1.165, 1.54) is 5.56 Å². The molecule has 6 heteroatoms. The molecule has 0 aliphatic heterocycles. The average Bonchev–Trinajstić information content (AvgIpc) is 3.16. The summed E-state index contributed by atoms with van der Waals surface area (Å²) in [6.45, 7) is 3.13. The van der Waals surface area contributed by atoms with Crippen molar-refractivity contribution in [2.45, 2.75) is 32.6 Å². The van der Waals surface area contributed by atoms with E-state index in [9.17, 15) is 9.59 Å². The molecule has 0 atom stereocenters. The highest BCUT2D eigenvalue weighted by molar-refractivity contribution is 5.94. The second-order valence-electron chi connectivity index (χ2n) is 7.20. The first kappa shape index (κ1) is 21.3. The minimum atomic E-state index is -0.109. The average molecular weight is 405 g/mol.